The first-order valence-electron chi connectivity index (χ1n) is 10.9. The number of aromatic nitrogens is 2. The van der Waals surface area contributed by atoms with Crippen molar-refractivity contribution < 1.29 is 8.78 Å². The Balaban J connectivity index is 1.68. The van der Waals surface area contributed by atoms with Gasteiger partial charge < -0.3 is 0 Å². The Labute approximate surface area is 173 Å². The molecule has 3 rings (SSSR count). The third kappa shape index (κ3) is 5.85. The van der Waals surface area contributed by atoms with Gasteiger partial charge in [0.25, 0.3) is 0 Å². The van der Waals surface area contributed by atoms with Gasteiger partial charge in [-0.1, -0.05) is 51.4 Å². The van der Waals surface area contributed by atoms with E-state index in [0.29, 0.717) is 11.4 Å². The fourth-order valence-electron chi connectivity index (χ4n) is 4.01. The smallest absolute Gasteiger partial charge is 0.159 e. The molecular weight excluding hydrogens is 366 g/mol. The summed E-state index contributed by atoms with van der Waals surface area (Å²) >= 11 is 0. The molecule has 0 radical (unpaired) electrons. The van der Waals surface area contributed by atoms with Crippen molar-refractivity contribution in [1.29, 1.82) is 0 Å². The van der Waals surface area contributed by atoms with Crippen LogP contribution in [0.2, 0.25) is 0 Å². The highest BCUT2D eigenvalue weighted by Gasteiger charge is 2.19. The Kier molecular flexibility index (Phi) is 7.75. The van der Waals surface area contributed by atoms with Gasteiger partial charge in [-0.3, -0.25) is 0 Å². The molecule has 0 unspecified atom stereocenters. The Morgan fingerprint density at radius 1 is 0.966 bits per heavy atom. The molecule has 1 saturated carbocycles. The van der Waals surface area contributed by atoms with E-state index in [1.54, 1.807) is 12.4 Å². The van der Waals surface area contributed by atoms with E-state index in [2.05, 4.69) is 35.7 Å². The molecule has 1 heterocycles. The average molecular weight is 397 g/mol. The third-order valence-corrected chi connectivity index (χ3v) is 5.76. The molecule has 2 nitrogen and oxygen atoms in total. The Morgan fingerprint density at radius 3 is 2.21 bits per heavy atom. The fraction of sp³-hybridized carbons (Fsp3) is 0.520. The second kappa shape index (κ2) is 10.5. The van der Waals surface area contributed by atoms with E-state index < -0.39 is 11.6 Å². The number of rotatable bonds is 6. The van der Waals surface area contributed by atoms with E-state index in [-0.39, 0.29) is 11.5 Å². The summed E-state index contributed by atoms with van der Waals surface area (Å²) in [5.41, 5.74) is 1.21. The molecule has 0 bridgehead atoms. The molecule has 0 amide bonds. The first-order chi connectivity index (χ1) is 14.1. The van der Waals surface area contributed by atoms with Crippen LogP contribution < -0.4 is 0 Å². The van der Waals surface area contributed by atoms with Gasteiger partial charge in [0.1, 0.15) is 11.6 Å². The monoisotopic (exact) mass is 396 g/mol. The van der Waals surface area contributed by atoms with Gasteiger partial charge in [-0.2, -0.15) is 0 Å². The molecular formula is C25H30F2N2. The maximum absolute atomic E-state index is 14.6. The molecule has 0 aliphatic heterocycles. The zero-order valence-corrected chi connectivity index (χ0v) is 17.5. The summed E-state index contributed by atoms with van der Waals surface area (Å²) < 4.78 is 29.1. The van der Waals surface area contributed by atoms with Gasteiger partial charge in [0.15, 0.2) is 5.82 Å². The molecule has 0 saturated heterocycles. The number of halogens is 2. The van der Waals surface area contributed by atoms with Gasteiger partial charge in [0.2, 0.25) is 0 Å². The molecule has 1 fully saturated rings. The van der Waals surface area contributed by atoms with Crippen molar-refractivity contribution in [2.24, 2.45) is 11.8 Å². The first kappa shape index (κ1) is 21.4. The molecule has 1 aromatic carbocycles. The second-order valence-electron chi connectivity index (χ2n) is 8.11. The van der Waals surface area contributed by atoms with Crippen LogP contribution in [0.15, 0.2) is 24.5 Å². The summed E-state index contributed by atoms with van der Waals surface area (Å²) in [7, 11) is 0. The van der Waals surface area contributed by atoms with Gasteiger partial charge in [0, 0.05) is 23.9 Å². The third-order valence-electron chi connectivity index (χ3n) is 5.76. The zero-order valence-electron chi connectivity index (χ0n) is 17.5. The molecule has 1 aliphatic carbocycles. The number of hydrogen-bond donors (Lipinski definition) is 0. The molecule has 0 spiro atoms. The van der Waals surface area contributed by atoms with Crippen LogP contribution in [-0.4, -0.2) is 9.97 Å². The Hall–Kier alpha value is -2.28. The summed E-state index contributed by atoms with van der Waals surface area (Å²) in [6.45, 7) is 4.30. The van der Waals surface area contributed by atoms with E-state index in [0.717, 1.165) is 37.2 Å². The topological polar surface area (TPSA) is 25.8 Å². The molecule has 1 aliphatic rings. The quantitative estimate of drug-likeness (QED) is 0.506. The number of aryl methyl sites for hydroxylation is 1. The van der Waals surface area contributed by atoms with Crippen molar-refractivity contribution >= 4 is 0 Å². The molecule has 2 aromatic rings. The molecule has 29 heavy (non-hydrogen) atoms. The van der Waals surface area contributed by atoms with Crippen molar-refractivity contribution in [3.8, 4) is 23.2 Å². The molecule has 1 aromatic heterocycles. The number of unbranched alkanes of at least 4 members (excludes halogenated alkanes) is 1. The molecule has 154 valence electrons. The SMILES string of the molecule is CCCC[C@H]1CC[C@H](C#Cc2c(F)cc(-c3ncc(CCC)cn3)cc2F)CC1. The lowest BCUT2D eigenvalue weighted by molar-refractivity contribution is 0.296. The minimum Gasteiger partial charge on any atom is -0.236 e. The number of nitrogens with zero attached hydrogens (tertiary/aromatic N) is 2. The molecule has 4 heteroatoms. The van der Waals surface area contributed by atoms with Crippen molar-refractivity contribution in [3.05, 3.63) is 47.3 Å². The summed E-state index contributed by atoms with van der Waals surface area (Å²) in [4.78, 5) is 8.49. The van der Waals surface area contributed by atoms with E-state index in [1.807, 2.05) is 0 Å². The number of benzene rings is 1. The van der Waals surface area contributed by atoms with Crippen molar-refractivity contribution in [1.82, 2.24) is 9.97 Å². The molecule has 0 atom stereocenters. The van der Waals surface area contributed by atoms with Crippen molar-refractivity contribution in [3.63, 3.8) is 0 Å². The lowest BCUT2D eigenvalue weighted by atomic mass is 9.80. The highest BCUT2D eigenvalue weighted by Crippen LogP contribution is 2.31. The van der Waals surface area contributed by atoms with Gasteiger partial charge in [-0.15, -0.1) is 0 Å². The summed E-state index contributed by atoms with van der Waals surface area (Å²) in [6, 6.07) is 2.56. The number of hydrogen-bond acceptors (Lipinski definition) is 2. The van der Waals surface area contributed by atoms with E-state index in [1.165, 1.54) is 44.2 Å². The van der Waals surface area contributed by atoms with Crippen LogP contribution in [-0.2, 0) is 6.42 Å². The van der Waals surface area contributed by atoms with Gasteiger partial charge in [-0.25, -0.2) is 18.7 Å². The van der Waals surface area contributed by atoms with Crippen LogP contribution in [0.25, 0.3) is 11.4 Å². The average Bonchev–Trinajstić information content (AvgIpc) is 2.73. The van der Waals surface area contributed by atoms with Crippen molar-refractivity contribution in [2.45, 2.75) is 71.6 Å². The highest BCUT2D eigenvalue weighted by atomic mass is 19.1. The van der Waals surface area contributed by atoms with E-state index in [9.17, 15) is 8.78 Å². The first-order valence-corrected chi connectivity index (χ1v) is 10.9. The van der Waals surface area contributed by atoms with Crippen LogP contribution in [0.5, 0.6) is 0 Å². The highest BCUT2D eigenvalue weighted by molar-refractivity contribution is 5.57. The lowest BCUT2D eigenvalue weighted by Crippen LogP contribution is -2.13. The Bertz CT molecular complexity index is 834. The minimum absolute atomic E-state index is 0.149. The molecule has 0 N–H and O–H groups in total. The van der Waals surface area contributed by atoms with E-state index >= 15 is 0 Å². The maximum Gasteiger partial charge on any atom is 0.159 e. The largest absolute Gasteiger partial charge is 0.236 e. The van der Waals surface area contributed by atoms with Gasteiger partial charge in [0.05, 0.1) is 5.56 Å². The fourth-order valence-corrected chi connectivity index (χ4v) is 4.01. The summed E-state index contributed by atoms with van der Waals surface area (Å²) in [5.74, 6) is 5.95. The summed E-state index contributed by atoms with van der Waals surface area (Å²) in [5, 5.41) is 0. The predicted octanol–water partition coefficient (Wildman–Crippen LogP) is 6.72. The minimum atomic E-state index is -0.648. The van der Waals surface area contributed by atoms with E-state index in [4.69, 9.17) is 0 Å². The standard InChI is InChI=1S/C25H30F2N2/c1-3-5-7-18-8-10-19(11-9-18)12-13-22-23(26)14-21(15-24(22)27)25-28-16-20(6-4-2)17-29-25/h14-19H,3-11H2,1-2H3/t18-,19-. The Morgan fingerprint density at radius 2 is 1.62 bits per heavy atom. The van der Waals surface area contributed by atoms with Crippen LogP contribution >= 0.6 is 0 Å². The van der Waals surface area contributed by atoms with Crippen molar-refractivity contribution in [2.75, 3.05) is 0 Å². The normalized spacial score (nSPS) is 18.9. The zero-order chi connectivity index (χ0) is 20.6. The van der Waals surface area contributed by atoms with Crippen LogP contribution in [0, 0.1) is 35.3 Å². The predicted molar refractivity (Wildman–Crippen MR) is 113 cm³/mol. The summed E-state index contributed by atoms with van der Waals surface area (Å²) in [6.07, 6.45) is 13.5. The van der Waals surface area contributed by atoms with Gasteiger partial charge in [-0.05, 0) is 55.7 Å². The van der Waals surface area contributed by atoms with Crippen LogP contribution in [0.3, 0.4) is 0 Å². The van der Waals surface area contributed by atoms with Crippen LogP contribution in [0.4, 0.5) is 8.78 Å². The lowest BCUT2D eigenvalue weighted by Gasteiger charge is -2.25. The van der Waals surface area contributed by atoms with Gasteiger partial charge >= 0.3 is 0 Å². The van der Waals surface area contributed by atoms with Crippen LogP contribution in [0.1, 0.15) is 76.3 Å². The maximum atomic E-state index is 14.6. The second-order valence-corrected chi connectivity index (χ2v) is 8.11.